The first kappa shape index (κ1) is 23.2. The second-order valence-corrected chi connectivity index (χ2v) is 12.6. The molecule has 3 unspecified atom stereocenters. The van der Waals surface area contributed by atoms with E-state index in [4.69, 9.17) is 0 Å². The van der Waals surface area contributed by atoms with E-state index >= 15 is 0 Å². The van der Waals surface area contributed by atoms with Gasteiger partial charge in [0.25, 0.3) is 0 Å². The molecule has 0 aromatic carbocycles. The van der Waals surface area contributed by atoms with Crippen LogP contribution < -0.4 is 0 Å². The molecule has 4 fully saturated rings. The molecular formula is C29H46O2. The molecular weight excluding hydrogens is 380 g/mol. The second-order valence-electron chi connectivity index (χ2n) is 12.6. The van der Waals surface area contributed by atoms with Crippen molar-refractivity contribution >= 4 is 11.6 Å². The van der Waals surface area contributed by atoms with E-state index in [-0.39, 0.29) is 11.3 Å². The largest absolute Gasteiger partial charge is 0.300 e. The molecule has 0 aromatic rings. The normalized spacial score (nSPS) is 44.8. The maximum atomic E-state index is 13.3. The van der Waals surface area contributed by atoms with E-state index < -0.39 is 0 Å². The minimum absolute atomic E-state index is 0.0143. The Balaban J connectivity index is 1.54. The molecule has 0 amide bonds. The van der Waals surface area contributed by atoms with Gasteiger partial charge in [0.15, 0.2) is 0 Å². The Morgan fingerprint density at radius 3 is 2.32 bits per heavy atom. The SMILES string of the molecule is CCC(C=CC(C)[C@H]1CC[C@H]2[C@@H]3CC(=O)C4CC(=O)CC[C@]4(C)[C@H]3CC[C@]12C)C(C)C. The van der Waals surface area contributed by atoms with Crippen LogP contribution in [0.4, 0.5) is 0 Å². The average Bonchev–Trinajstić information content (AvgIpc) is 3.07. The summed E-state index contributed by atoms with van der Waals surface area (Å²) in [6.07, 6.45) is 14.4. The fraction of sp³-hybridized carbons (Fsp3) is 0.862. The van der Waals surface area contributed by atoms with Crippen LogP contribution in [0.5, 0.6) is 0 Å². The van der Waals surface area contributed by atoms with Crippen molar-refractivity contribution in [1.29, 1.82) is 0 Å². The van der Waals surface area contributed by atoms with Gasteiger partial charge in [0.1, 0.15) is 11.6 Å². The Labute approximate surface area is 191 Å². The molecule has 0 N–H and O–H groups in total. The highest BCUT2D eigenvalue weighted by molar-refractivity contribution is 5.90. The Morgan fingerprint density at radius 2 is 1.65 bits per heavy atom. The number of carbonyl (C=O) groups excluding carboxylic acids is 2. The topological polar surface area (TPSA) is 34.1 Å². The maximum absolute atomic E-state index is 13.3. The molecule has 4 aliphatic rings. The summed E-state index contributed by atoms with van der Waals surface area (Å²) < 4.78 is 0. The Kier molecular flexibility index (Phi) is 6.34. The minimum atomic E-state index is 0.0143. The molecule has 0 radical (unpaired) electrons. The van der Waals surface area contributed by atoms with Gasteiger partial charge in [-0.3, -0.25) is 9.59 Å². The lowest BCUT2D eigenvalue weighted by Crippen LogP contribution is -2.56. The van der Waals surface area contributed by atoms with Gasteiger partial charge in [0.2, 0.25) is 0 Å². The van der Waals surface area contributed by atoms with Crippen LogP contribution in [0.15, 0.2) is 12.2 Å². The zero-order valence-electron chi connectivity index (χ0n) is 21.0. The van der Waals surface area contributed by atoms with Crippen LogP contribution in [0.25, 0.3) is 0 Å². The summed E-state index contributed by atoms with van der Waals surface area (Å²) in [5, 5.41) is 0. The van der Waals surface area contributed by atoms with Gasteiger partial charge in [-0.25, -0.2) is 0 Å². The number of allylic oxidation sites excluding steroid dienone is 2. The van der Waals surface area contributed by atoms with E-state index in [1.807, 2.05) is 0 Å². The summed E-state index contributed by atoms with van der Waals surface area (Å²) in [5.41, 5.74) is 0.447. The van der Waals surface area contributed by atoms with Crippen LogP contribution in [0, 0.1) is 58.2 Å². The van der Waals surface area contributed by atoms with Gasteiger partial charge in [-0.2, -0.15) is 0 Å². The zero-order chi connectivity index (χ0) is 22.6. The fourth-order valence-electron chi connectivity index (χ4n) is 9.02. The van der Waals surface area contributed by atoms with Crippen molar-refractivity contribution in [3.05, 3.63) is 12.2 Å². The summed E-state index contributed by atoms with van der Waals surface area (Å²) in [5.74, 6) is 5.41. The van der Waals surface area contributed by atoms with E-state index in [0.717, 1.165) is 18.8 Å². The van der Waals surface area contributed by atoms with Crippen molar-refractivity contribution in [1.82, 2.24) is 0 Å². The van der Waals surface area contributed by atoms with E-state index in [2.05, 4.69) is 53.7 Å². The van der Waals surface area contributed by atoms with Crippen LogP contribution in [0.1, 0.15) is 99.3 Å². The molecule has 4 aliphatic carbocycles. The molecule has 2 heteroatoms. The highest BCUT2D eigenvalue weighted by Gasteiger charge is 2.62. The standard InChI is InChI=1S/C29H46O2/c1-7-20(18(2)3)9-8-19(4)23-10-11-24-22-17-27(31)26-16-21(30)12-14-29(26,6)25(22)13-15-28(23,24)5/h8-9,18-20,22-26H,7,10-17H2,1-6H3/t19?,20?,22-,23+,24-,25-,26?,28+,29+/m0/s1. The lowest BCUT2D eigenvalue weighted by atomic mass is 9.44. The second kappa shape index (κ2) is 8.45. The predicted octanol–water partition coefficient (Wildman–Crippen LogP) is 7.27. The lowest BCUT2D eigenvalue weighted by molar-refractivity contribution is -0.158. The van der Waals surface area contributed by atoms with E-state index in [1.165, 1.54) is 32.1 Å². The molecule has 0 saturated heterocycles. The number of carbonyl (C=O) groups is 2. The third-order valence-corrected chi connectivity index (χ3v) is 11.0. The molecule has 9 atom stereocenters. The molecule has 0 bridgehead atoms. The smallest absolute Gasteiger partial charge is 0.137 e. The molecule has 0 aliphatic heterocycles. The van der Waals surface area contributed by atoms with Crippen LogP contribution in [-0.4, -0.2) is 11.6 Å². The molecule has 0 spiro atoms. The van der Waals surface area contributed by atoms with Crippen molar-refractivity contribution in [2.45, 2.75) is 99.3 Å². The van der Waals surface area contributed by atoms with Crippen molar-refractivity contribution in [3.8, 4) is 0 Å². The number of rotatable bonds is 5. The van der Waals surface area contributed by atoms with Gasteiger partial charge in [-0.15, -0.1) is 0 Å². The summed E-state index contributed by atoms with van der Waals surface area (Å²) in [6, 6.07) is 0. The number of fused-ring (bicyclic) bond motifs is 5. The first-order valence-corrected chi connectivity index (χ1v) is 13.3. The van der Waals surface area contributed by atoms with Gasteiger partial charge >= 0.3 is 0 Å². The average molecular weight is 427 g/mol. The van der Waals surface area contributed by atoms with Crippen molar-refractivity contribution in [3.63, 3.8) is 0 Å². The zero-order valence-corrected chi connectivity index (χ0v) is 21.0. The van der Waals surface area contributed by atoms with Crippen LogP contribution in [0.2, 0.25) is 0 Å². The first-order valence-electron chi connectivity index (χ1n) is 13.3. The Bertz CT molecular complexity index is 735. The van der Waals surface area contributed by atoms with E-state index in [9.17, 15) is 9.59 Å². The molecule has 2 nitrogen and oxygen atoms in total. The van der Waals surface area contributed by atoms with Crippen molar-refractivity contribution < 1.29 is 9.59 Å². The van der Waals surface area contributed by atoms with Crippen molar-refractivity contribution in [2.24, 2.45) is 58.2 Å². The molecule has 0 heterocycles. The number of hydrogen-bond acceptors (Lipinski definition) is 2. The van der Waals surface area contributed by atoms with Crippen LogP contribution in [0.3, 0.4) is 0 Å². The third-order valence-electron chi connectivity index (χ3n) is 11.0. The summed E-state index contributed by atoms with van der Waals surface area (Å²) in [4.78, 5) is 25.4. The van der Waals surface area contributed by atoms with Gasteiger partial charge < -0.3 is 0 Å². The molecule has 174 valence electrons. The number of ketones is 2. The molecule has 0 aromatic heterocycles. The number of hydrogen-bond donors (Lipinski definition) is 0. The summed E-state index contributed by atoms with van der Waals surface area (Å²) >= 11 is 0. The molecule has 4 rings (SSSR count). The lowest BCUT2D eigenvalue weighted by Gasteiger charge is -2.59. The highest BCUT2D eigenvalue weighted by atomic mass is 16.1. The quantitative estimate of drug-likeness (QED) is 0.433. The monoisotopic (exact) mass is 426 g/mol. The van der Waals surface area contributed by atoms with Gasteiger partial charge in [-0.05, 0) is 90.8 Å². The summed E-state index contributed by atoms with van der Waals surface area (Å²) in [7, 11) is 0. The van der Waals surface area contributed by atoms with E-state index in [0.29, 0.717) is 65.3 Å². The Hall–Kier alpha value is -0.920. The summed E-state index contributed by atoms with van der Waals surface area (Å²) in [6.45, 7) is 14.4. The molecule has 4 saturated carbocycles. The van der Waals surface area contributed by atoms with Crippen molar-refractivity contribution in [2.75, 3.05) is 0 Å². The van der Waals surface area contributed by atoms with Gasteiger partial charge in [-0.1, -0.05) is 53.7 Å². The van der Waals surface area contributed by atoms with Gasteiger partial charge in [0.05, 0.1) is 0 Å². The van der Waals surface area contributed by atoms with Gasteiger partial charge in [0, 0.05) is 25.2 Å². The van der Waals surface area contributed by atoms with Crippen LogP contribution >= 0.6 is 0 Å². The number of Topliss-reactive ketones (excluding diaryl/α,β-unsaturated/α-hetero) is 2. The fourth-order valence-corrected chi connectivity index (χ4v) is 9.02. The van der Waals surface area contributed by atoms with Crippen LogP contribution in [-0.2, 0) is 9.59 Å². The molecule has 31 heavy (non-hydrogen) atoms. The first-order chi connectivity index (χ1) is 14.6. The minimum Gasteiger partial charge on any atom is -0.300 e. The van der Waals surface area contributed by atoms with E-state index in [1.54, 1.807) is 0 Å². The predicted molar refractivity (Wildman–Crippen MR) is 128 cm³/mol. The maximum Gasteiger partial charge on any atom is 0.137 e. The highest BCUT2D eigenvalue weighted by Crippen LogP contribution is 2.67. The Morgan fingerprint density at radius 1 is 0.935 bits per heavy atom. The third kappa shape index (κ3) is 3.78.